The fourth-order valence-electron chi connectivity index (χ4n) is 1.93. The quantitative estimate of drug-likeness (QED) is 0.675. The Balaban J connectivity index is 2.28. The van der Waals surface area contributed by atoms with Crippen molar-refractivity contribution >= 4 is 0 Å². The first-order valence-corrected chi connectivity index (χ1v) is 6.10. The SMILES string of the molecule is CCCC(CNC(C)C)N(C)C1CC1. The van der Waals surface area contributed by atoms with Gasteiger partial charge in [-0.15, -0.1) is 0 Å². The van der Waals surface area contributed by atoms with Gasteiger partial charge in [0.1, 0.15) is 0 Å². The molecule has 0 aromatic heterocycles. The summed E-state index contributed by atoms with van der Waals surface area (Å²) in [5.74, 6) is 0. The Morgan fingerprint density at radius 2 is 2.00 bits per heavy atom. The first-order valence-electron chi connectivity index (χ1n) is 6.10. The van der Waals surface area contributed by atoms with Crippen LogP contribution in [0.5, 0.6) is 0 Å². The third kappa shape index (κ3) is 3.97. The molecule has 0 aromatic carbocycles. The average molecular weight is 198 g/mol. The summed E-state index contributed by atoms with van der Waals surface area (Å²) in [6.07, 6.45) is 5.45. The van der Waals surface area contributed by atoms with Crippen molar-refractivity contribution in [3.05, 3.63) is 0 Å². The van der Waals surface area contributed by atoms with Crippen LogP contribution in [-0.4, -0.2) is 36.6 Å². The molecule has 1 unspecified atom stereocenters. The fraction of sp³-hybridized carbons (Fsp3) is 1.00. The van der Waals surface area contributed by atoms with Crippen LogP contribution in [-0.2, 0) is 0 Å². The van der Waals surface area contributed by atoms with Gasteiger partial charge in [-0.25, -0.2) is 0 Å². The highest BCUT2D eigenvalue weighted by Crippen LogP contribution is 2.27. The minimum atomic E-state index is 0.613. The molecule has 14 heavy (non-hydrogen) atoms. The highest BCUT2D eigenvalue weighted by Gasteiger charge is 2.30. The smallest absolute Gasteiger partial charge is 0.0220 e. The Labute approximate surface area is 89.1 Å². The zero-order chi connectivity index (χ0) is 10.6. The highest BCUT2D eigenvalue weighted by molar-refractivity contribution is 4.87. The first kappa shape index (κ1) is 12.0. The van der Waals surface area contributed by atoms with Crippen molar-refractivity contribution in [2.45, 2.75) is 64.6 Å². The summed E-state index contributed by atoms with van der Waals surface area (Å²) in [6.45, 7) is 7.88. The van der Waals surface area contributed by atoms with E-state index in [0.717, 1.165) is 18.6 Å². The molecule has 2 heteroatoms. The van der Waals surface area contributed by atoms with Gasteiger partial charge in [0, 0.05) is 24.7 Å². The van der Waals surface area contributed by atoms with Crippen molar-refractivity contribution in [1.82, 2.24) is 10.2 Å². The van der Waals surface area contributed by atoms with Crippen molar-refractivity contribution in [3.8, 4) is 0 Å². The average Bonchev–Trinajstić information content (AvgIpc) is 2.93. The summed E-state index contributed by atoms with van der Waals surface area (Å²) in [7, 11) is 2.29. The van der Waals surface area contributed by atoms with Crippen LogP contribution in [0.4, 0.5) is 0 Å². The first-order chi connectivity index (χ1) is 6.65. The lowest BCUT2D eigenvalue weighted by Gasteiger charge is -2.29. The van der Waals surface area contributed by atoms with Gasteiger partial charge in [0.05, 0.1) is 0 Å². The fourth-order valence-corrected chi connectivity index (χ4v) is 1.93. The lowest BCUT2D eigenvalue weighted by molar-refractivity contribution is 0.210. The van der Waals surface area contributed by atoms with E-state index in [1.54, 1.807) is 0 Å². The van der Waals surface area contributed by atoms with Gasteiger partial charge in [0.2, 0.25) is 0 Å². The van der Waals surface area contributed by atoms with Crippen LogP contribution in [0.2, 0.25) is 0 Å². The Morgan fingerprint density at radius 1 is 1.36 bits per heavy atom. The topological polar surface area (TPSA) is 15.3 Å². The predicted molar refractivity (Wildman–Crippen MR) is 62.6 cm³/mol. The van der Waals surface area contributed by atoms with Crippen LogP contribution in [0.1, 0.15) is 46.5 Å². The number of nitrogens with zero attached hydrogens (tertiary/aromatic N) is 1. The van der Waals surface area contributed by atoms with E-state index in [1.807, 2.05) is 0 Å². The Kier molecular flexibility index (Phi) is 4.90. The number of nitrogens with one attached hydrogen (secondary N) is 1. The maximum Gasteiger partial charge on any atom is 0.0220 e. The van der Waals surface area contributed by atoms with Gasteiger partial charge in [-0.05, 0) is 26.3 Å². The van der Waals surface area contributed by atoms with Crippen molar-refractivity contribution in [3.63, 3.8) is 0 Å². The highest BCUT2D eigenvalue weighted by atomic mass is 15.2. The van der Waals surface area contributed by atoms with Crippen LogP contribution < -0.4 is 5.32 Å². The van der Waals surface area contributed by atoms with Gasteiger partial charge in [-0.1, -0.05) is 27.2 Å². The van der Waals surface area contributed by atoms with Gasteiger partial charge in [-0.3, -0.25) is 4.90 Å². The number of hydrogen-bond donors (Lipinski definition) is 1. The summed E-state index contributed by atoms with van der Waals surface area (Å²) in [5.41, 5.74) is 0. The molecule has 84 valence electrons. The van der Waals surface area contributed by atoms with Crippen LogP contribution >= 0.6 is 0 Å². The number of rotatable bonds is 7. The van der Waals surface area contributed by atoms with Gasteiger partial charge < -0.3 is 5.32 Å². The molecule has 0 amide bonds. The molecule has 1 aliphatic rings. The molecule has 0 aliphatic heterocycles. The molecule has 0 aromatic rings. The van der Waals surface area contributed by atoms with Crippen molar-refractivity contribution < 1.29 is 0 Å². The van der Waals surface area contributed by atoms with E-state index in [4.69, 9.17) is 0 Å². The normalized spacial score (nSPS) is 19.3. The molecule has 1 aliphatic carbocycles. The summed E-state index contributed by atoms with van der Waals surface area (Å²) in [6, 6.07) is 2.25. The lowest BCUT2D eigenvalue weighted by Crippen LogP contribution is -2.43. The second kappa shape index (κ2) is 5.72. The van der Waals surface area contributed by atoms with E-state index in [9.17, 15) is 0 Å². The molecule has 1 N–H and O–H groups in total. The van der Waals surface area contributed by atoms with Crippen LogP contribution in [0, 0.1) is 0 Å². The van der Waals surface area contributed by atoms with Crippen LogP contribution in [0.25, 0.3) is 0 Å². The Hall–Kier alpha value is -0.0800. The zero-order valence-electron chi connectivity index (χ0n) is 10.2. The molecule has 1 fully saturated rings. The molecule has 0 saturated heterocycles. The Morgan fingerprint density at radius 3 is 2.43 bits per heavy atom. The third-order valence-corrected chi connectivity index (χ3v) is 3.08. The van der Waals surface area contributed by atoms with Crippen molar-refractivity contribution in [2.24, 2.45) is 0 Å². The molecule has 2 nitrogen and oxygen atoms in total. The maximum absolute atomic E-state index is 3.55. The molecule has 1 saturated carbocycles. The molecule has 0 radical (unpaired) electrons. The summed E-state index contributed by atoms with van der Waals surface area (Å²) in [4.78, 5) is 2.58. The van der Waals surface area contributed by atoms with E-state index in [0.29, 0.717) is 6.04 Å². The number of hydrogen-bond acceptors (Lipinski definition) is 2. The third-order valence-electron chi connectivity index (χ3n) is 3.08. The molecular formula is C12H26N2. The molecule has 0 bridgehead atoms. The minimum Gasteiger partial charge on any atom is -0.313 e. The molecule has 0 heterocycles. The molecule has 1 atom stereocenters. The molecular weight excluding hydrogens is 172 g/mol. The van der Waals surface area contributed by atoms with E-state index in [1.165, 1.54) is 25.7 Å². The summed E-state index contributed by atoms with van der Waals surface area (Å²) in [5, 5.41) is 3.55. The van der Waals surface area contributed by atoms with Crippen LogP contribution in [0.15, 0.2) is 0 Å². The lowest BCUT2D eigenvalue weighted by atomic mass is 10.1. The van der Waals surface area contributed by atoms with Crippen molar-refractivity contribution in [1.29, 1.82) is 0 Å². The van der Waals surface area contributed by atoms with Crippen molar-refractivity contribution in [2.75, 3.05) is 13.6 Å². The monoisotopic (exact) mass is 198 g/mol. The summed E-state index contributed by atoms with van der Waals surface area (Å²) >= 11 is 0. The van der Waals surface area contributed by atoms with E-state index >= 15 is 0 Å². The number of likely N-dealkylation sites (N-methyl/N-ethyl adjacent to an activating group) is 1. The minimum absolute atomic E-state index is 0.613. The van der Waals surface area contributed by atoms with Gasteiger partial charge >= 0.3 is 0 Å². The molecule has 0 spiro atoms. The van der Waals surface area contributed by atoms with Crippen LogP contribution in [0.3, 0.4) is 0 Å². The van der Waals surface area contributed by atoms with E-state index < -0.39 is 0 Å². The zero-order valence-corrected chi connectivity index (χ0v) is 10.2. The second-order valence-corrected chi connectivity index (χ2v) is 4.90. The largest absolute Gasteiger partial charge is 0.313 e. The second-order valence-electron chi connectivity index (χ2n) is 4.90. The van der Waals surface area contributed by atoms with E-state index in [2.05, 4.69) is 38.0 Å². The standard InChI is InChI=1S/C12H26N2/c1-5-6-12(9-13-10(2)3)14(4)11-7-8-11/h10-13H,5-9H2,1-4H3. The van der Waals surface area contributed by atoms with Gasteiger partial charge in [0.25, 0.3) is 0 Å². The maximum atomic E-state index is 3.55. The Bertz CT molecular complexity index is 152. The molecule has 1 rings (SSSR count). The van der Waals surface area contributed by atoms with E-state index in [-0.39, 0.29) is 0 Å². The summed E-state index contributed by atoms with van der Waals surface area (Å²) < 4.78 is 0. The predicted octanol–water partition coefficient (Wildman–Crippen LogP) is 2.25. The van der Waals surface area contributed by atoms with Gasteiger partial charge in [-0.2, -0.15) is 0 Å². The van der Waals surface area contributed by atoms with Gasteiger partial charge in [0.15, 0.2) is 0 Å².